The van der Waals surface area contributed by atoms with Gasteiger partial charge in [0.05, 0.1) is 22.8 Å². The first-order valence-corrected chi connectivity index (χ1v) is 17.7. The van der Waals surface area contributed by atoms with Gasteiger partial charge in [-0.2, -0.15) is 0 Å². The van der Waals surface area contributed by atoms with E-state index in [9.17, 15) is 0 Å². The van der Waals surface area contributed by atoms with Crippen LogP contribution in [0.15, 0.2) is 121 Å². The molecular weight excluding hydrogens is 865 g/mol. The van der Waals surface area contributed by atoms with E-state index in [1.165, 1.54) is 22.3 Å². The first-order valence-electron chi connectivity index (χ1n) is 17.7. The molecule has 6 heteroatoms. The van der Waals surface area contributed by atoms with E-state index in [-0.39, 0.29) is 34.8 Å². The molecule has 0 spiro atoms. The van der Waals surface area contributed by atoms with Gasteiger partial charge in [-0.1, -0.05) is 144 Å². The topological polar surface area (TPSA) is 54.0 Å². The normalized spacial score (nSPS) is 11.6. The Morgan fingerprint density at radius 3 is 0.722 bits per heavy atom. The van der Waals surface area contributed by atoms with Crippen LogP contribution in [0.2, 0.25) is 0 Å². The van der Waals surface area contributed by atoms with Crippen molar-refractivity contribution in [1.29, 1.82) is 0 Å². The van der Waals surface area contributed by atoms with Crippen molar-refractivity contribution in [2.75, 3.05) is 0 Å². The molecule has 7 aromatic rings. The SMILES string of the molecule is Cc1ccc(-c2c3nc(c(-c4ccc(C)cc4)c4ccc([n-]4)c(-c4ccc(C)cc4)c4nc(c(-c5ccc(C)cc5)c5ccc2[n-]5)C=C4)C=C3)cc1.[Au+3].[Cl-]. The van der Waals surface area contributed by atoms with Crippen LogP contribution in [0.3, 0.4) is 0 Å². The molecular formula is C48H36AuClN4. The van der Waals surface area contributed by atoms with Crippen molar-refractivity contribution in [1.82, 2.24) is 19.9 Å². The minimum atomic E-state index is 0. The molecule has 0 saturated carbocycles. The maximum atomic E-state index is 5.37. The molecule has 2 aliphatic heterocycles. The zero-order valence-corrected chi connectivity index (χ0v) is 33.2. The van der Waals surface area contributed by atoms with Crippen LogP contribution < -0.4 is 22.4 Å². The Labute approximate surface area is 337 Å². The number of aromatic nitrogens is 4. The average molecular weight is 901 g/mol. The van der Waals surface area contributed by atoms with E-state index in [1.807, 2.05) is 0 Å². The van der Waals surface area contributed by atoms with E-state index in [0.29, 0.717) is 0 Å². The molecule has 0 amide bonds. The summed E-state index contributed by atoms with van der Waals surface area (Å²) in [6.45, 7) is 8.45. The fourth-order valence-corrected chi connectivity index (χ4v) is 7.15. The van der Waals surface area contributed by atoms with Gasteiger partial charge in [0, 0.05) is 0 Å². The Balaban J connectivity index is 0.00000225. The molecule has 0 fully saturated rings. The Hall–Kier alpha value is -5.49. The van der Waals surface area contributed by atoms with Gasteiger partial charge in [-0.3, -0.25) is 0 Å². The van der Waals surface area contributed by atoms with Gasteiger partial charge in [-0.25, -0.2) is 9.97 Å². The molecule has 0 radical (unpaired) electrons. The van der Waals surface area contributed by atoms with Gasteiger partial charge >= 0.3 is 22.4 Å². The summed E-state index contributed by atoms with van der Waals surface area (Å²) < 4.78 is 0. The van der Waals surface area contributed by atoms with Crippen LogP contribution in [0.4, 0.5) is 0 Å². The molecule has 54 heavy (non-hydrogen) atoms. The zero-order chi connectivity index (χ0) is 35.3. The van der Waals surface area contributed by atoms with E-state index < -0.39 is 0 Å². The predicted molar refractivity (Wildman–Crippen MR) is 217 cm³/mol. The van der Waals surface area contributed by atoms with Gasteiger partial charge in [-0.05, 0) is 96.5 Å². The summed E-state index contributed by atoms with van der Waals surface area (Å²) in [6.07, 6.45) is 8.48. The van der Waals surface area contributed by atoms with Crippen LogP contribution in [0, 0.1) is 27.7 Å². The van der Waals surface area contributed by atoms with Crippen molar-refractivity contribution >= 4 is 46.4 Å². The van der Waals surface area contributed by atoms with Gasteiger partial charge in [0.25, 0.3) is 0 Å². The summed E-state index contributed by atoms with van der Waals surface area (Å²) in [5.74, 6) is 0. The minimum absolute atomic E-state index is 0. The standard InChI is InChI=1S/C48H36N4.Au.ClH/c1-29-5-13-33(14-6-29)45-37-21-23-39(49-37)46(34-15-7-30(2)8-16-34)41-25-27-43(51-41)48(36-19-11-32(4)12-20-36)44-28-26-42(52-44)47(40-24-22-38(45)50-40)35-17-9-31(3)10-18-35;;/h5-28H,1-4H3;;1H/q-2;+3;/p-1. The molecule has 0 unspecified atom stereocenters. The fourth-order valence-electron chi connectivity index (χ4n) is 7.15. The van der Waals surface area contributed by atoms with Crippen molar-refractivity contribution < 1.29 is 34.8 Å². The number of fused-ring (bicyclic) bond motifs is 8. The fraction of sp³-hybridized carbons (Fsp3) is 0.0833. The van der Waals surface area contributed by atoms with Gasteiger partial charge in [-0.15, -0.1) is 22.1 Å². The van der Waals surface area contributed by atoms with E-state index in [1.54, 1.807) is 0 Å². The second-order valence-electron chi connectivity index (χ2n) is 13.8. The molecule has 266 valence electrons. The zero-order valence-electron chi connectivity index (χ0n) is 30.3. The number of nitrogens with zero attached hydrogens (tertiary/aromatic N) is 4. The van der Waals surface area contributed by atoms with Crippen molar-refractivity contribution in [2.24, 2.45) is 0 Å². The average Bonchev–Trinajstić information content (AvgIpc) is 3.99. The molecule has 0 saturated heterocycles. The number of halogens is 1. The number of hydrogen-bond acceptors (Lipinski definition) is 2. The maximum absolute atomic E-state index is 5.37. The van der Waals surface area contributed by atoms with Crippen LogP contribution in [0.1, 0.15) is 45.0 Å². The molecule has 2 aliphatic rings. The predicted octanol–water partition coefficient (Wildman–Crippen LogP) is 8.82. The van der Waals surface area contributed by atoms with E-state index in [2.05, 4.69) is 173 Å². The van der Waals surface area contributed by atoms with Crippen molar-refractivity contribution in [3.8, 4) is 44.5 Å². The van der Waals surface area contributed by atoms with Crippen LogP contribution in [-0.4, -0.2) is 9.97 Å². The van der Waals surface area contributed by atoms with Crippen LogP contribution in [0.25, 0.3) is 90.9 Å². The second kappa shape index (κ2) is 15.1. The quantitative estimate of drug-likeness (QED) is 0.166. The number of hydrogen-bond donors (Lipinski definition) is 0. The van der Waals surface area contributed by atoms with E-state index in [4.69, 9.17) is 19.9 Å². The third kappa shape index (κ3) is 6.86. The summed E-state index contributed by atoms with van der Waals surface area (Å²) in [5, 5.41) is 0. The Morgan fingerprint density at radius 2 is 0.519 bits per heavy atom. The Kier molecular flexibility index (Phi) is 10.3. The molecule has 3 aromatic heterocycles. The van der Waals surface area contributed by atoms with Crippen LogP contribution in [0.5, 0.6) is 0 Å². The smallest absolute Gasteiger partial charge is 1.00 e. The third-order valence-electron chi connectivity index (χ3n) is 9.97. The van der Waals surface area contributed by atoms with Gasteiger partial charge in [0.15, 0.2) is 0 Å². The molecule has 0 N–H and O–H groups in total. The maximum Gasteiger partial charge on any atom is 3.00 e. The molecule has 9 rings (SSSR count). The van der Waals surface area contributed by atoms with Crippen LogP contribution >= 0.6 is 0 Å². The molecule has 5 heterocycles. The summed E-state index contributed by atoms with van der Waals surface area (Å²) in [6, 6.07) is 43.0. The van der Waals surface area contributed by atoms with Crippen molar-refractivity contribution in [3.63, 3.8) is 0 Å². The summed E-state index contributed by atoms with van der Waals surface area (Å²) in [4.78, 5) is 21.5. The molecule has 4 aromatic carbocycles. The second-order valence-corrected chi connectivity index (χ2v) is 13.8. The minimum Gasteiger partial charge on any atom is -1.00 e. The first kappa shape index (κ1) is 36.9. The van der Waals surface area contributed by atoms with Crippen molar-refractivity contribution in [3.05, 3.63) is 166 Å². The Morgan fingerprint density at radius 1 is 0.315 bits per heavy atom. The molecule has 4 nitrogen and oxygen atoms in total. The number of aryl methyl sites for hydroxylation is 4. The monoisotopic (exact) mass is 900 g/mol. The summed E-state index contributed by atoms with van der Waals surface area (Å²) >= 11 is 0. The molecule has 8 bridgehead atoms. The largest absolute Gasteiger partial charge is 3.00 e. The van der Waals surface area contributed by atoms with Gasteiger partial charge in [0.2, 0.25) is 0 Å². The van der Waals surface area contributed by atoms with Gasteiger partial charge in [0.1, 0.15) is 0 Å². The summed E-state index contributed by atoms with van der Waals surface area (Å²) in [5.41, 5.74) is 19.9. The molecule has 0 aliphatic carbocycles. The number of rotatable bonds is 4. The first-order chi connectivity index (χ1) is 25.4. The molecule has 0 atom stereocenters. The van der Waals surface area contributed by atoms with Gasteiger partial charge < -0.3 is 22.4 Å². The van der Waals surface area contributed by atoms with E-state index >= 15 is 0 Å². The Bertz CT molecular complexity index is 2360. The van der Waals surface area contributed by atoms with E-state index in [0.717, 1.165) is 89.4 Å². The summed E-state index contributed by atoms with van der Waals surface area (Å²) in [7, 11) is 0. The van der Waals surface area contributed by atoms with Crippen LogP contribution in [-0.2, 0) is 22.4 Å². The van der Waals surface area contributed by atoms with Crippen molar-refractivity contribution in [2.45, 2.75) is 27.7 Å². The third-order valence-corrected chi connectivity index (χ3v) is 9.97. The number of benzene rings is 4.